The molecule has 2 saturated heterocycles. The van der Waals surface area contributed by atoms with Crippen molar-refractivity contribution in [2.45, 2.75) is 50.9 Å². The van der Waals surface area contributed by atoms with Gasteiger partial charge in [0.05, 0.1) is 12.6 Å². The van der Waals surface area contributed by atoms with Crippen LogP contribution in [0.2, 0.25) is 0 Å². The monoisotopic (exact) mass is 368 g/mol. The Bertz CT molecular complexity index is 742. The van der Waals surface area contributed by atoms with Gasteiger partial charge in [-0.3, -0.25) is 4.90 Å². The molecule has 146 valence electrons. The molecule has 1 aromatic carbocycles. The molecule has 3 aliphatic heterocycles. The van der Waals surface area contributed by atoms with Crippen LogP contribution >= 0.6 is 0 Å². The molecule has 0 aliphatic carbocycles. The predicted molar refractivity (Wildman–Crippen MR) is 108 cm³/mol. The van der Waals surface area contributed by atoms with Gasteiger partial charge in [-0.25, -0.2) is 0 Å². The smallest absolute Gasteiger partial charge is 0.126 e. The van der Waals surface area contributed by atoms with Crippen molar-refractivity contribution in [1.29, 1.82) is 0 Å². The summed E-state index contributed by atoms with van der Waals surface area (Å²) in [6.45, 7) is 11.8. The van der Waals surface area contributed by atoms with E-state index in [1.807, 2.05) is 6.07 Å². The molecule has 0 amide bonds. The van der Waals surface area contributed by atoms with E-state index in [1.54, 1.807) is 0 Å². The van der Waals surface area contributed by atoms with Gasteiger partial charge >= 0.3 is 0 Å². The molecule has 0 saturated carbocycles. The highest BCUT2D eigenvalue weighted by atomic mass is 16.5. The van der Waals surface area contributed by atoms with Gasteiger partial charge in [0.25, 0.3) is 0 Å². The topological polar surface area (TPSA) is 24.9 Å². The van der Waals surface area contributed by atoms with Gasteiger partial charge in [0.1, 0.15) is 17.0 Å². The van der Waals surface area contributed by atoms with Crippen molar-refractivity contribution in [1.82, 2.24) is 9.80 Å². The fourth-order valence-corrected chi connectivity index (χ4v) is 4.60. The molecule has 27 heavy (non-hydrogen) atoms. The zero-order valence-corrected chi connectivity index (χ0v) is 17.1. The van der Waals surface area contributed by atoms with E-state index in [9.17, 15) is 0 Å². The number of rotatable bonds is 1. The summed E-state index contributed by atoms with van der Waals surface area (Å²) < 4.78 is 13.0. The van der Waals surface area contributed by atoms with Gasteiger partial charge in [0.2, 0.25) is 0 Å². The normalized spacial score (nSPS) is 33.2. The summed E-state index contributed by atoms with van der Waals surface area (Å²) in [5.41, 5.74) is 0.579. The Labute approximate surface area is 163 Å². The number of benzene rings is 1. The first-order valence-corrected chi connectivity index (χ1v) is 10.2. The van der Waals surface area contributed by atoms with Crippen LogP contribution in [0.25, 0.3) is 0 Å². The van der Waals surface area contributed by atoms with Crippen molar-refractivity contribution < 1.29 is 9.47 Å². The maximum atomic E-state index is 6.67. The molecule has 3 heterocycles. The predicted octanol–water partition coefficient (Wildman–Crippen LogP) is 3.33. The fourth-order valence-electron chi connectivity index (χ4n) is 4.60. The zero-order chi connectivity index (χ0) is 19.1. The molecule has 0 bridgehead atoms. The summed E-state index contributed by atoms with van der Waals surface area (Å²) in [4.78, 5) is 4.81. The van der Waals surface area contributed by atoms with Gasteiger partial charge in [-0.05, 0) is 46.7 Å². The summed E-state index contributed by atoms with van der Waals surface area (Å²) in [7, 11) is 2.18. The Morgan fingerprint density at radius 1 is 1.11 bits per heavy atom. The SMILES string of the molecule is CN1CCN(CC#C[C@]2(C)CC[C@@H]3[C@@H](O2)c2ccccc2OC3(C)C)CC1. The number of likely N-dealkylation sites (N-methyl/N-ethyl adjacent to an activating group) is 1. The lowest BCUT2D eigenvalue weighted by Gasteiger charge is -2.50. The Balaban J connectivity index is 1.49. The Morgan fingerprint density at radius 2 is 1.85 bits per heavy atom. The second kappa shape index (κ2) is 7.13. The molecule has 2 fully saturated rings. The first kappa shape index (κ1) is 18.8. The molecular formula is C23H32N2O2. The second-order valence-electron chi connectivity index (χ2n) is 9.04. The van der Waals surface area contributed by atoms with E-state index in [2.05, 4.69) is 67.7 Å². The fraction of sp³-hybridized carbons (Fsp3) is 0.652. The highest BCUT2D eigenvalue weighted by molar-refractivity contribution is 5.39. The molecule has 4 rings (SSSR count). The molecule has 4 heteroatoms. The highest BCUT2D eigenvalue weighted by Gasteiger charge is 2.49. The van der Waals surface area contributed by atoms with E-state index >= 15 is 0 Å². The summed E-state index contributed by atoms with van der Waals surface area (Å²) in [6, 6.07) is 8.31. The number of nitrogens with zero attached hydrogens (tertiary/aromatic N) is 2. The number of piperazine rings is 1. The molecule has 3 aliphatic rings. The Hall–Kier alpha value is -1.54. The van der Waals surface area contributed by atoms with Gasteiger partial charge in [-0.1, -0.05) is 30.0 Å². The van der Waals surface area contributed by atoms with E-state index in [0.717, 1.165) is 51.3 Å². The molecule has 1 aromatic rings. The molecule has 0 aromatic heterocycles. The average Bonchev–Trinajstić information content (AvgIpc) is 2.63. The van der Waals surface area contributed by atoms with E-state index in [-0.39, 0.29) is 17.3 Å². The number of fused-ring (bicyclic) bond motifs is 3. The number of hydrogen-bond donors (Lipinski definition) is 0. The van der Waals surface area contributed by atoms with Crippen LogP contribution in [0.5, 0.6) is 5.75 Å². The second-order valence-corrected chi connectivity index (χ2v) is 9.04. The zero-order valence-electron chi connectivity index (χ0n) is 17.1. The van der Waals surface area contributed by atoms with Crippen molar-refractivity contribution >= 4 is 0 Å². The molecular weight excluding hydrogens is 336 g/mol. The minimum Gasteiger partial charge on any atom is -0.487 e. The van der Waals surface area contributed by atoms with Gasteiger partial charge in [0.15, 0.2) is 0 Å². The van der Waals surface area contributed by atoms with Crippen LogP contribution < -0.4 is 4.74 Å². The van der Waals surface area contributed by atoms with Crippen molar-refractivity contribution in [3.05, 3.63) is 29.8 Å². The van der Waals surface area contributed by atoms with E-state index in [1.165, 1.54) is 5.56 Å². The van der Waals surface area contributed by atoms with Gasteiger partial charge < -0.3 is 14.4 Å². The van der Waals surface area contributed by atoms with Crippen LogP contribution in [0.4, 0.5) is 0 Å². The van der Waals surface area contributed by atoms with Crippen molar-refractivity contribution in [3.63, 3.8) is 0 Å². The minimum atomic E-state index is -0.381. The number of hydrogen-bond acceptors (Lipinski definition) is 4. The van der Waals surface area contributed by atoms with E-state index in [0.29, 0.717) is 5.92 Å². The van der Waals surface area contributed by atoms with Crippen molar-refractivity contribution in [3.8, 4) is 17.6 Å². The first-order valence-electron chi connectivity index (χ1n) is 10.2. The third-order valence-corrected chi connectivity index (χ3v) is 6.43. The van der Waals surface area contributed by atoms with Crippen LogP contribution in [0, 0.1) is 17.8 Å². The minimum absolute atomic E-state index is 0.0571. The van der Waals surface area contributed by atoms with Crippen LogP contribution in [0.15, 0.2) is 24.3 Å². The highest BCUT2D eigenvalue weighted by Crippen LogP contribution is 2.52. The van der Waals surface area contributed by atoms with E-state index in [4.69, 9.17) is 9.47 Å². The maximum absolute atomic E-state index is 6.67. The van der Waals surface area contributed by atoms with Gasteiger partial charge in [0, 0.05) is 37.7 Å². The summed E-state index contributed by atoms with van der Waals surface area (Å²) in [5, 5.41) is 0. The van der Waals surface area contributed by atoms with Crippen molar-refractivity contribution in [2.24, 2.45) is 5.92 Å². The summed E-state index contributed by atoms with van der Waals surface area (Å²) >= 11 is 0. The lowest BCUT2D eigenvalue weighted by atomic mass is 9.73. The third kappa shape index (κ3) is 3.87. The molecule has 0 unspecified atom stereocenters. The lowest BCUT2D eigenvalue weighted by molar-refractivity contribution is -0.169. The summed E-state index contributed by atoms with van der Waals surface area (Å²) in [5.74, 6) is 8.22. The largest absolute Gasteiger partial charge is 0.487 e. The van der Waals surface area contributed by atoms with Gasteiger partial charge in [-0.15, -0.1) is 0 Å². The third-order valence-electron chi connectivity index (χ3n) is 6.43. The molecule has 0 spiro atoms. The van der Waals surface area contributed by atoms with Crippen molar-refractivity contribution in [2.75, 3.05) is 39.8 Å². The first-order chi connectivity index (χ1) is 12.9. The number of ether oxygens (including phenoxy) is 2. The Morgan fingerprint density at radius 3 is 2.63 bits per heavy atom. The van der Waals surface area contributed by atoms with Crippen LogP contribution in [0.1, 0.15) is 45.3 Å². The van der Waals surface area contributed by atoms with Gasteiger partial charge in [-0.2, -0.15) is 0 Å². The average molecular weight is 369 g/mol. The standard InChI is InChI=1S/C23H32N2O2/c1-22(2)19-10-12-23(3,11-7-13-25-16-14-24(4)15-17-25)27-21(19)18-8-5-6-9-20(18)26-22/h5-6,8-9,19,21H,10,12-17H2,1-4H3/t19-,21+,23-/m1/s1. The molecule has 0 N–H and O–H groups in total. The van der Waals surface area contributed by atoms with E-state index < -0.39 is 0 Å². The van der Waals surface area contributed by atoms with Crippen LogP contribution in [-0.2, 0) is 4.74 Å². The quantitative estimate of drug-likeness (QED) is 0.710. The Kier molecular flexibility index (Phi) is 4.96. The summed E-state index contributed by atoms with van der Waals surface area (Å²) in [6.07, 6.45) is 2.09. The lowest BCUT2D eigenvalue weighted by Crippen LogP contribution is -2.51. The molecule has 3 atom stereocenters. The van der Waals surface area contributed by atoms with Crippen LogP contribution in [-0.4, -0.2) is 60.8 Å². The molecule has 0 radical (unpaired) electrons. The number of para-hydroxylation sites is 1. The molecule has 4 nitrogen and oxygen atoms in total. The van der Waals surface area contributed by atoms with Crippen LogP contribution in [0.3, 0.4) is 0 Å². The maximum Gasteiger partial charge on any atom is 0.126 e.